The van der Waals surface area contributed by atoms with Gasteiger partial charge in [0.05, 0.1) is 5.71 Å². The quantitative estimate of drug-likeness (QED) is 0.482. The van der Waals surface area contributed by atoms with Crippen molar-refractivity contribution in [2.75, 3.05) is 0 Å². The minimum atomic E-state index is -0.739. The lowest BCUT2D eigenvalue weighted by Gasteiger charge is -2.21. The molecular formula is C23H22N2O4. The molecule has 0 fully saturated rings. The van der Waals surface area contributed by atoms with Gasteiger partial charge in [-0.3, -0.25) is 4.79 Å². The Hall–Kier alpha value is -3.54. The highest BCUT2D eigenvalue weighted by molar-refractivity contribution is 6.36. The number of amides is 1. The number of aliphatic imine (C=N–C) groups is 2. The number of fused-ring (bicyclic) bond motifs is 1. The average molecular weight is 390 g/mol. The lowest BCUT2D eigenvalue weighted by atomic mass is 9.99. The summed E-state index contributed by atoms with van der Waals surface area (Å²) in [5, 5.41) is 10.2. The molecule has 1 amide bonds. The summed E-state index contributed by atoms with van der Waals surface area (Å²) in [6.07, 6.45) is 0. The number of carbonyl (C=O) groups excluding carboxylic acids is 2. The Labute approximate surface area is 169 Å². The molecule has 6 heteroatoms. The van der Waals surface area contributed by atoms with E-state index in [1.54, 1.807) is 69.3 Å². The first-order valence-corrected chi connectivity index (χ1v) is 9.17. The number of nitrogens with zero attached hydrogens (tertiary/aromatic N) is 2. The van der Waals surface area contributed by atoms with E-state index >= 15 is 0 Å². The lowest BCUT2D eigenvalue weighted by molar-refractivity contribution is -0.149. The van der Waals surface area contributed by atoms with Gasteiger partial charge in [0, 0.05) is 16.7 Å². The number of ether oxygens (including phenoxy) is 1. The zero-order chi connectivity index (χ0) is 21.2. The predicted molar refractivity (Wildman–Crippen MR) is 111 cm³/mol. The Morgan fingerprint density at radius 1 is 0.966 bits per heavy atom. The molecule has 1 N–H and O–H groups in total. The normalized spacial score (nSPS) is 15.4. The van der Waals surface area contributed by atoms with Crippen molar-refractivity contribution in [2.24, 2.45) is 9.98 Å². The van der Waals surface area contributed by atoms with Crippen LogP contribution in [0.15, 0.2) is 75.9 Å². The average Bonchev–Trinajstić information content (AvgIpc) is 2.99. The lowest BCUT2D eigenvalue weighted by Crippen LogP contribution is -2.28. The molecule has 0 aliphatic carbocycles. The topological polar surface area (TPSA) is 88.3 Å². The van der Waals surface area contributed by atoms with Gasteiger partial charge in [-0.05, 0) is 39.8 Å². The maximum atomic E-state index is 12.7. The smallest absolute Gasteiger partial charge is 0.344 e. The van der Waals surface area contributed by atoms with Crippen LogP contribution in [0.2, 0.25) is 0 Å². The van der Waals surface area contributed by atoms with Gasteiger partial charge in [-0.25, -0.2) is 9.79 Å². The number of benzene rings is 2. The molecule has 0 unspecified atom stereocenters. The van der Waals surface area contributed by atoms with E-state index in [0.29, 0.717) is 16.7 Å². The first kappa shape index (κ1) is 20.2. The number of hydrogen-bond donors (Lipinski definition) is 1. The SMILES string of the molecule is C/C(O)=C(/C(=O)OC(C)(C)C)C1=NC(=NC(=O)c2ccccc2)c2ccccc21. The van der Waals surface area contributed by atoms with Crippen molar-refractivity contribution in [1.29, 1.82) is 0 Å². The van der Waals surface area contributed by atoms with Crippen molar-refractivity contribution < 1.29 is 19.4 Å². The number of allylic oxidation sites excluding steroid dienone is 1. The summed E-state index contributed by atoms with van der Waals surface area (Å²) in [7, 11) is 0. The van der Waals surface area contributed by atoms with E-state index in [9.17, 15) is 14.7 Å². The second kappa shape index (κ2) is 7.83. The molecule has 0 bridgehead atoms. The number of hydrogen-bond acceptors (Lipinski definition) is 4. The van der Waals surface area contributed by atoms with Gasteiger partial charge in [0.1, 0.15) is 16.9 Å². The molecule has 2 aromatic rings. The highest BCUT2D eigenvalue weighted by Gasteiger charge is 2.32. The molecule has 3 rings (SSSR count). The Balaban J connectivity index is 2.08. The third-order valence-electron chi connectivity index (χ3n) is 4.07. The van der Waals surface area contributed by atoms with E-state index in [4.69, 9.17) is 4.74 Å². The van der Waals surface area contributed by atoms with E-state index in [-0.39, 0.29) is 22.9 Å². The summed E-state index contributed by atoms with van der Waals surface area (Å²) in [4.78, 5) is 33.8. The van der Waals surface area contributed by atoms with Crippen LogP contribution in [-0.2, 0) is 9.53 Å². The Kier molecular flexibility index (Phi) is 5.46. The molecule has 0 saturated carbocycles. The van der Waals surface area contributed by atoms with Crippen molar-refractivity contribution in [3.63, 3.8) is 0 Å². The molecule has 29 heavy (non-hydrogen) atoms. The van der Waals surface area contributed by atoms with Crippen LogP contribution >= 0.6 is 0 Å². The van der Waals surface area contributed by atoms with E-state index in [1.165, 1.54) is 6.92 Å². The number of esters is 1. The van der Waals surface area contributed by atoms with Gasteiger partial charge in [0.15, 0.2) is 5.84 Å². The van der Waals surface area contributed by atoms with Gasteiger partial charge in [-0.2, -0.15) is 4.99 Å². The van der Waals surface area contributed by atoms with E-state index in [0.717, 1.165) is 0 Å². The summed E-state index contributed by atoms with van der Waals surface area (Å²) in [5.41, 5.74) is 1.08. The van der Waals surface area contributed by atoms with Crippen LogP contribution < -0.4 is 0 Å². The number of carbonyl (C=O) groups is 2. The van der Waals surface area contributed by atoms with Crippen molar-refractivity contribution in [2.45, 2.75) is 33.3 Å². The van der Waals surface area contributed by atoms with Crippen LogP contribution in [0.4, 0.5) is 0 Å². The van der Waals surface area contributed by atoms with Gasteiger partial charge in [0.2, 0.25) is 0 Å². The summed E-state index contributed by atoms with van der Waals surface area (Å²) < 4.78 is 5.43. The highest BCUT2D eigenvalue weighted by atomic mass is 16.6. The van der Waals surface area contributed by atoms with E-state index in [1.807, 2.05) is 6.07 Å². The van der Waals surface area contributed by atoms with Crippen LogP contribution in [-0.4, -0.2) is 34.1 Å². The molecule has 1 heterocycles. The van der Waals surface area contributed by atoms with Gasteiger partial charge in [-0.1, -0.05) is 42.5 Å². The molecule has 2 aromatic carbocycles. The second-order valence-electron chi connectivity index (χ2n) is 7.57. The van der Waals surface area contributed by atoms with Crippen molar-refractivity contribution >= 4 is 23.4 Å². The van der Waals surface area contributed by atoms with E-state index < -0.39 is 17.5 Å². The number of aliphatic hydroxyl groups excluding tert-OH is 1. The number of amidine groups is 1. The van der Waals surface area contributed by atoms with Gasteiger partial charge in [0.25, 0.3) is 5.91 Å². The first-order valence-electron chi connectivity index (χ1n) is 9.17. The van der Waals surface area contributed by atoms with Crippen LogP contribution in [0.5, 0.6) is 0 Å². The fourth-order valence-electron chi connectivity index (χ4n) is 2.87. The molecule has 148 valence electrons. The summed E-state index contributed by atoms with van der Waals surface area (Å²) >= 11 is 0. The zero-order valence-electron chi connectivity index (χ0n) is 16.8. The molecule has 1 aliphatic rings. The molecule has 0 radical (unpaired) electrons. The number of rotatable bonds is 3. The van der Waals surface area contributed by atoms with Gasteiger partial charge >= 0.3 is 5.97 Å². The van der Waals surface area contributed by atoms with Gasteiger partial charge in [-0.15, -0.1) is 0 Å². The molecular weight excluding hydrogens is 368 g/mol. The monoisotopic (exact) mass is 390 g/mol. The minimum absolute atomic E-state index is 0.0512. The van der Waals surface area contributed by atoms with Crippen LogP contribution in [0.25, 0.3) is 0 Å². The Morgan fingerprint density at radius 3 is 2.14 bits per heavy atom. The predicted octanol–water partition coefficient (Wildman–Crippen LogP) is 4.25. The fraction of sp³-hybridized carbons (Fsp3) is 0.217. The third kappa shape index (κ3) is 4.48. The summed E-state index contributed by atoms with van der Waals surface area (Å²) in [5.74, 6) is -1.17. The summed E-state index contributed by atoms with van der Waals surface area (Å²) in [6.45, 7) is 6.62. The maximum Gasteiger partial charge on any atom is 0.344 e. The molecule has 0 spiro atoms. The summed E-state index contributed by atoms with van der Waals surface area (Å²) in [6, 6.07) is 15.8. The Bertz CT molecular complexity index is 1050. The fourth-order valence-corrected chi connectivity index (χ4v) is 2.87. The second-order valence-corrected chi connectivity index (χ2v) is 7.57. The zero-order valence-corrected chi connectivity index (χ0v) is 16.8. The van der Waals surface area contributed by atoms with E-state index in [2.05, 4.69) is 9.98 Å². The van der Waals surface area contributed by atoms with Crippen molar-refractivity contribution in [1.82, 2.24) is 0 Å². The highest BCUT2D eigenvalue weighted by Crippen LogP contribution is 2.26. The van der Waals surface area contributed by atoms with Gasteiger partial charge < -0.3 is 9.84 Å². The minimum Gasteiger partial charge on any atom is -0.512 e. The Morgan fingerprint density at radius 2 is 1.55 bits per heavy atom. The molecule has 1 aliphatic heterocycles. The molecule has 0 atom stereocenters. The molecule has 0 aromatic heterocycles. The van der Waals surface area contributed by atoms with Crippen molar-refractivity contribution in [3.05, 3.63) is 82.6 Å². The molecule has 0 saturated heterocycles. The largest absolute Gasteiger partial charge is 0.512 e. The van der Waals surface area contributed by atoms with Crippen molar-refractivity contribution in [3.8, 4) is 0 Å². The first-order chi connectivity index (χ1) is 13.7. The van der Waals surface area contributed by atoms with Crippen LogP contribution in [0.3, 0.4) is 0 Å². The van der Waals surface area contributed by atoms with Crippen LogP contribution in [0.1, 0.15) is 49.2 Å². The standard InChI is InChI=1S/C23H22N2O4/c1-14(26)18(22(28)29-23(2,3)4)19-16-12-8-9-13-17(16)20(24-19)25-21(27)15-10-6-5-7-11-15/h5-13,26H,1-4H3/b18-14-,25-20?. The maximum absolute atomic E-state index is 12.7. The third-order valence-corrected chi connectivity index (χ3v) is 4.07. The molecule has 6 nitrogen and oxygen atoms in total. The van der Waals surface area contributed by atoms with Crippen LogP contribution in [0, 0.1) is 0 Å². The number of aliphatic hydroxyl groups is 1.